The summed E-state index contributed by atoms with van der Waals surface area (Å²) in [5, 5.41) is 1.06. The Labute approximate surface area is 52.7 Å². The van der Waals surface area contributed by atoms with Gasteiger partial charge in [0.1, 0.15) is 6.67 Å². The van der Waals surface area contributed by atoms with E-state index in [-0.39, 0.29) is 0 Å². The normalized spacial score (nSPS) is 22.9. The molecule has 0 aliphatic carbocycles. The highest BCUT2D eigenvalue weighted by atomic mass is 32.2. The van der Waals surface area contributed by atoms with Gasteiger partial charge in [-0.15, -0.1) is 0 Å². The van der Waals surface area contributed by atoms with Gasteiger partial charge in [0.2, 0.25) is 0 Å². The van der Waals surface area contributed by atoms with Crippen molar-refractivity contribution in [2.24, 2.45) is 4.99 Å². The van der Waals surface area contributed by atoms with Crippen LogP contribution in [0.3, 0.4) is 0 Å². The zero-order chi connectivity index (χ0) is 5.28. The lowest BCUT2D eigenvalue weighted by Crippen LogP contribution is -1.93. The Bertz CT molecular complexity index is 101. The van der Waals surface area contributed by atoms with Crippen molar-refractivity contribution in [3.63, 3.8) is 0 Å². The van der Waals surface area contributed by atoms with Gasteiger partial charge in [-0.25, -0.2) is 0 Å². The van der Waals surface area contributed by atoms with Crippen molar-refractivity contribution in [1.29, 1.82) is 0 Å². The molecule has 7 heavy (non-hydrogen) atoms. The molecule has 0 aromatic heterocycles. The zero-order valence-electron chi connectivity index (χ0n) is 3.92. The van der Waals surface area contributed by atoms with Crippen LogP contribution in [0.5, 0.6) is 0 Å². The molecular formula is C3H5N2S2. The lowest BCUT2D eigenvalue weighted by atomic mass is 10.9. The topological polar surface area (TPSA) is 15.6 Å². The molecule has 0 aromatic carbocycles. The van der Waals surface area contributed by atoms with Crippen molar-refractivity contribution < 1.29 is 0 Å². The van der Waals surface area contributed by atoms with Gasteiger partial charge in [-0.05, 0) is 18.9 Å². The summed E-state index contributed by atoms with van der Waals surface area (Å²) in [5.41, 5.74) is 0. The van der Waals surface area contributed by atoms with E-state index in [1.165, 1.54) is 11.9 Å². The lowest BCUT2D eigenvalue weighted by molar-refractivity contribution is 0.794. The minimum atomic E-state index is 0.672. The van der Waals surface area contributed by atoms with Crippen LogP contribution in [-0.2, 0) is 0 Å². The SMILES string of the molecule is CC1=NCN([S])S1. The third-order valence-corrected chi connectivity index (χ3v) is 1.69. The highest BCUT2D eigenvalue weighted by Gasteiger charge is 2.07. The van der Waals surface area contributed by atoms with Gasteiger partial charge in [-0.2, -0.15) is 3.71 Å². The van der Waals surface area contributed by atoms with Crippen molar-refractivity contribution in [2.45, 2.75) is 6.92 Å². The second kappa shape index (κ2) is 2.07. The summed E-state index contributed by atoms with van der Waals surface area (Å²) in [6, 6.07) is 0. The Morgan fingerprint density at radius 2 is 2.71 bits per heavy atom. The summed E-state index contributed by atoms with van der Waals surface area (Å²) in [5.74, 6) is 0. The standard InChI is InChI=1S/C3H5N2S2/c1-3-4-2-5(6)7-3/h2H2,1H3. The van der Waals surface area contributed by atoms with Crippen LogP contribution in [-0.4, -0.2) is 15.4 Å². The maximum absolute atomic E-state index is 4.76. The molecule has 0 fully saturated rings. The summed E-state index contributed by atoms with van der Waals surface area (Å²) in [6.07, 6.45) is 0. The fourth-order valence-corrected chi connectivity index (χ4v) is 1.27. The molecule has 0 saturated carbocycles. The molecule has 1 aliphatic rings. The van der Waals surface area contributed by atoms with Crippen LogP contribution in [0.2, 0.25) is 0 Å². The van der Waals surface area contributed by atoms with E-state index in [9.17, 15) is 0 Å². The number of nitrogens with zero attached hydrogens (tertiary/aromatic N) is 2. The number of aliphatic imine (C=N–C) groups is 1. The molecule has 2 nitrogen and oxygen atoms in total. The maximum atomic E-state index is 4.76. The van der Waals surface area contributed by atoms with Crippen LogP contribution in [0.25, 0.3) is 0 Å². The highest BCUT2D eigenvalue weighted by molar-refractivity contribution is 8.17. The van der Waals surface area contributed by atoms with Crippen LogP contribution < -0.4 is 0 Å². The van der Waals surface area contributed by atoms with E-state index in [0.29, 0.717) is 6.67 Å². The maximum Gasteiger partial charge on any atom is 0.113 e. The van der Waals surface area contributed by atoms with Crippen molar-refractivity contribution >= 4 is 29.8 Å². The summed E-state index contributed by atoms with van der Waals surface area (Å²) < 4.78 is 1.68. The fourth-order valence-electron chi connectivity index (χ4n) is 0.362. The molecule has 0 spiro atoms. The molecule has 39 valence electrons. The van der Waals surface area contributed by atoms with E-state index in [0.717, 1.165) is 5.04 Å². The molecule has 0 saturated heterocycles. The van der Waals surface area contributed by atoms with Crippen LogP contribution in [0.4, 0.5) is 0 Å². The summed E-state index contributed by atoms with van der Waals surface area (Å²) >= 11 is 6.28. The van der Waals surface area contributed by atoms with Gasteiger partial charge in [0.15, 0.2) is 0 Å². The molecule has 4 heteroatoms. The van der Waals surface area contributed by atoms with E-state index >= 15 is 0 Å². The Balaban J connectivity index is 2.42. The Morgan fingerprint density at radius 1 is 2.00 bits per heavy atom. The van der Waals surface area contributed by atoms with Crippen molar-refractivity contribution in [2.75, 3.05) is 6.67 Å². The molecule has 0 aromatic rings. The molecule has 0 unspecified atom stereocenters. The average Bonchev–Trinajstić information content (AvgIpc) is 1.87. The van der Waals surface area contributed by atoms with E-state index in [2.05, 4.69) is 4.99 Å². The molecule has 0 N–H and O–H groups in total. The minimum absolute atomic E-state index is 0.672. The zero-order valence-corrected chi connectivity index (χ0v) is 5.55. The molecule has 1 heterocycles. The Kier molecular flexibility index (Phi) is 1.61. The predicted octanol–water partition coefficient (Wildman–Crippen LogP) is 1.44. The first-order valence-corrected chi connectivity index (χ1v) is 3.06. The van der Waals surface area contributed by atoms with E-state index in [4.69, 9.17) is 12.8 Å². The lowest BCUT2D eigenvalue weighted by Gasteiger charge is -1.95. The van der Waals surface area contributed by atoms with Crippen molar-refractivity contribution in [3.05, 3.63) is 0 Å². The highest BCUT2D eigenvalue weighted by Crippen LogP contribution is 2.19. The quantitative estimate of drug-likeness (QED) is 0.465. The number of rotatable bonds is 0. The van der Waals surface area contributed by atoms with E-state index in [1.54, 1.807) is 3.71 Å². The predicted molar refractivity (Wildman–Crippen MR) is 35.0 cm³/mol. The van der Waals surface area contributed by atoms with Gasteiger partial charge in [-0.3, -0.25) is 4.99 Å². The third-order valence-electron chi connectivity index (χ3n) is 0.643. The number of hydrogen-bond donors (Lipinski definition) is 0. The molecule has 0 atom stereocenters. The minimum Gasteiger partial charge on any atom is -0.264 e. The van der Waals surface area contributed by atoms with E-state index in [1.807, 2.05) is 6.92 Å². The van der Waals surface area contributed by atoms with Crippen LogP contribution in [0, 0.1) is 0 Å². The smallest absolute Gasteiger partial charge is 0.113 e. The largest absolute Gasteiger partial charge is 0.264 e. The fraction of sp³-hybridized carbons (Fsp3) is 0.667. The van der Waals surface area contributed by atoms with Crippen LogP contribution >= 0.6 is 24.8 Å². The van der Waals surface area contributed by atoms with Gasteiger partial charge in [0, 0.05) is 12.8 Å². The molecule has 1 aliphatic heterocycles. The van der Waals surface area contributed by atoms with Gasteiger partial charge in [0.25, 0.3) is 0 Å². The van der Waals surface area contributed by atoms with Gasteiger partial charge < -0.3 is 0 Å². The first kappa shape index (κ1) is 5.47. The first-order valence-electron chi connectivity index (χ1n) is 1.93. The number of hydrogen-bond acceptors (Lipinski definition) is 3. The first-order chi connectivity index (χ1) is 3.29. The molecule has 0 amide bonds. The molecular weight excluding hydrogens is 128 g/mol. The summed E-state index contributed by atoms with van der Waals surface area (Å²) in [6.45, 7) is 2.63. The van der Waals surface area contributed by atoms with E-state index < -0.39 is 0 Å². The summed E-state index contributed by atoms with van der Waals surface area (Å²) in [7, 11) is 0. The van der Waals surface area contributed by atoms with Crippen molar-refractivity contribution in [1.82, 2.24) is 3.71 Å². The molecule has 0 bridgehead atoms. The Morgan fingerprint density at radius 3 is 2.86 bits per heavy atom. The summed E-state index contributed by atoms with van der Waals surface area (Å²) in [4.78, 5) is 4.02. The van der Waals surface area contributed by atoms with Gasteiger partial charge in [0.05, 0.1) is 5.04 Å². The Hall–Kier alpha value is 0.330. The second-order valence-electron chi connectivity index (χ2n) is 1.24. The monoisotopic (exact) mass is 133 g/mol. The molecule has 1 rings (SSSR count). The van der Waals surface area contributed by atoms with Crippen LogP contribution in [0.1, 0.15) is 6.92 Å². The molecule has 1 radical (unpaired) electrons. The van der Waals surface area contributed by atoms with Crippen LogP contribution in [0.15, 0.2) is 4.99 Å². The van der Waals surface area contributed by atoms with Gasteiger partial charge >= 0.3 is 0 Å². The van der Waals surface area contributed by atoms with Crippen molar-refractivity contribution in [3.8, 4) is 0 Å². The van der Waals surface area contributed by atoms with Gasteiger partial charge in [-0.1, -0.05) is 0 Å². The third kappa shape index (κ3) is 1.36. The second-order valence-corrected chi connectivity index (χ2v) is 3.13. The average molecular weight is 133 g/mol.